The van der Waals surface area contributed by atoms with Crippen LogP contribution in [-0.4, -0.2) is 64.1 Å². The summed E-state index contributed by atoms with van der Waals surface area (Å²) in [4.78, 5) is 45.9. The van der Waals surface area contributed by atoms with Crippen molar-refractivity contribution in [1.82, 2.24) is 5.32 Å². The molecule has 1 amide bonds. The van der Waals surface area contributed by atoms with Gasteiger partial charge in [0.1, 0.15) is 23.5 Å². The van der Waals surface area contributed by atoms with E-state index in [0.717, 1.165) is 18.4 Å². The number of ketones is 1. The number of alkyl carbamates (subject to hydrolysis) is 1. The average molecular weight is 521 g/mol. The number of hydrogen-bond acceptors (Lipinski definition) is 8. The third kappa shape index (κ3) is 7.73. The number of benzene rings is 1. The van der Waals surface area contributed by atoms with Gasteiger partial charge in [-0.2, -0.15) is 0 Å². The van der Waals surface area contributed by atoms with Crippen LogP contribution in [0.15, 0.2) is 30.3 Å². The van der Waals surface area contributed by atoms with Gasteiger partial charge in [-0.25, -0.2) is 9.59 Å². The number of carboxylic acid groups (broad SMARTS) is 2. The lowest BCUT2D eigenvalue weighted by atomic mass is 9.90. The average Bonchev–Trinajstić information content (AvgIpc) is 3.16. The summed E-state index contributed by atoms with van der Waals surface area (Å²) in [6.45, 7) is 1.27. The molecule has 2 atom stereocenters. The maximum absolute atomic E-state index is 11.9. The summed E-state index contributed by atoms with van der Waals surface area (Å²) >= 11 is 0. The molecule has 11 heteroatoms. The van der Waals surface area contributed by atoms with Crippen LogP contribution in [0.3, 0.4) is 0 Å². The van der Waals surface area contributed by atoms with Crippen molar-refractivity contribution < 1.29 is 43.6 Å². The summed E-state index contributed by atoms with van der Waals surface area (Å²) in [5, 5.41) is 20.9. The normalized spacial score (nSPS) is 27.2. The number of ether oxygens (including phenoxy) is 3. The summed E-state index contributed by atoms with van der Waals surface area (Å²) < 4.78 is 16.2. The fraction of sp³-hybridized carbons (Fsp3) is 0.615. The lowest BCUT2D eigenvalue weighted by Gasteiger charge is -2.28. The minimum atomic E-state index is -1.42. The van der Waals surface area contributed by atoms with Gasteiger partial charge in [-0.1, -0.05) is 30.3 Å². The SMILES string of the molecule is NC1(C(=O)O)CCCC2(CC1)OCCO2.O=C1CCCC(NC(=O)OCc2ccccc2)(C(=O)O)CC1. The van der Waals surface area contributed by atoms with Crippen molar-refractivity contribution in [1.29, 1.82) is 0 Å². The highest BCUT2D eigenvalue weighted by Gasteiger charge is 2.45. The number of hydrogen-bond donors (Lipinski definition) is 4. The molecule has 3 fully saturated rings. The maximum atomic E-state index is 11.9. The molecule has 3 aliphatic rings. The second kappa shape index (κ2) is 12.5. The van der Waals surface area contributed by atoms with Crippen LogP contribution in [0.5, 0.6) is 0 Å². The molecule has 0 aromatic heterocycles. The van der Waals surface area contributed by atoms with E-state index in [1.807, 2.05) is 30.3 Å². The Hall–Kier alpha value is -3.02. The minimum Gasteiger partial charge on any atom is -0.480 e. The summed E-state index contributed by atoms with van der Waals surface area (Å²) in [7, 11) is 0. The van der Waals surface area contributed by atoms with Crippen molar-refractivity contribution in [2.75, 3.05) is 13.2 Å². The maximum Gasteiger partial charge on any atom is 0.408 e. The molecule has 37 heavy (non-hydrogen) atoms. The molecule has 1 aromatic rings. The lowest BCUT2D eigenvalue weighted by Crippen LogP contribution is -2.54. The number of carbonyl (C=O) groups excluding carboxylic acids is 2. The van der Waals surface area contributed by atoms with Crippen molar-refractivity contribution in [3.8, 4) is 0 Å². The number of aliphatic carboxylic acids is 2. The Morgan fingerprint density at radius 2 is 1.59 bits per heavy atom. The first-order valence-corrected chi connectivity index (χ1v) is 12.6. The molecule has 1 aliphatic heterocycles. The van der Waals surface area contributed by atoms with E-state index in [4.69, 9.17) is 25.1 Å². The van der Waals surface area contributed by atoms with Gasteiger partial charge in [0.2, 0.25) is 0 Å². The van der Waals surface area contributed by atoms with Crippen molar-refractivity contribution in [2.24, 2.45) is 5.73 Å². The van der Waals surface area contributed by atoms with Gasteiger partial charge in [-0.3, -0.25) is 9.59 Å². The molecule has 5 N–H and O–H groups in total. The topological polar surface area (TPSA) is 174 Å². The summed E-state index contributed by atoms with van der Waals surface area (Å²) in [5.41, 5.74) is 4.14. The summed E-state index contributed by atoms with van der Waals surface area (Å²) in [6, 6.07) is 9.12. The number of rotatable bonds is 5. The first-order chi connectivity index (χ1) is 17.6. The van der Waals surface area contributed by atoms with Gasteiger partial charge < -0.3 is 35.5 Å². The summed E-state index contributed by atoms with van der Waals surface area (Å²) in [5.74, 6) is -2.56. The van der Waals surface area contributed by atoms with Crippen molar-refractivity contribution in [2.45, 2.75) is 87.7 Å². The monoisotopic (exact) mass is 520 g/mol. The Balaban J connectivity index is 0.000000220. The van der Waals surface area contributed by atoms with E-state index in [9.17, 15) is 24.3 Å². The fourth-order valence-electron chi connectivity index (χ4n) is 4.87. The van der Waals surface area contributed by atoms with Gasteiger partial charge in [0.05, 0.1) is 13.2 Å². The van der Waals surface area contributed by atoms with Gasteiger partial charge in [-0.05, 0) is 44.1 Å². The predicted octanol–water partition coefficient (Wildman–Crippen LogP) is 2.75. The number of carboxylic acids is 2. The Kier molecular flexibility index (Phi) is 9.63. The van der Waals surface area contributed by atoms with Crippen LogP contribution >= 0.6 is 0 Å². The van der Waals surface area contributed by atoms with Crippen LogP contribution in [0.25, 0.3) is 0 Å². The largest absolute Gasteiger partial charge is 0.480 e. The highest BCUT2D eigenvalue weighted by atomic mass is 16.7. The van der Waals surface area contributed by atoms with Crippen molar-refractivity contribution in [3.05, 3.63) is 35.9 Å². The van der Waals surface area contributed by atoms with E-state index in [1.165, 1.54) is 0 Å². The minimum absolute atomic E-state index is 0.0302. The van der Waals surface area contributed by atoms with Crippen LogP contribution in [0.2, 0.25) is 0 Å². The number of carbonyl (C=O) groups is 4. The van der Waals surface area contributed by atoms with E-state index in [2.05, 4.69) is 5.32 Å². The third-order valence-corrected chi connectivity index (χ3v) is 7.23. The lowest BCUT2D eigenvalue weighted by molar-refractivity contribution is -0.166. The van der Waals surface area contributed by atoms with Crippen LogP contribution in [0, 0.1) is 0 Å². The molecular formula is C26H36N2O9. The standard InChI is InChI=1S/C16H19NO5.C10H17NO4/c18-13-7-4-9-16(10-8-13,14(19)20)17-15(21)22-11-12-5-2-1-3-6-12;11-9(8(12)13)2-1-3-10(5-4-9)14-6-7-15-10/h1-3,5-6H,4,7-11H2,(H,17,21)(H,19,20);1-7,11H2,(H,12,13). The molecule has 1 spiro atoms. The molecule has 2 saturated carbocycles. The zero-order chi connectivity index (χ0) is 26.9. The second-order valence-electron chi connectivity index (χ2n) is 9.89. The van der Waals surface area contributed by atoms with Crippen LogP contribution in [-0.2, 0) is 35.2 Å². The van der Waals surface area contributed by atoms with Crippen LogP contribution in [0.1, 0.15) is 69.8 Å². The predicted molar refractivity (Wildman–Crippen MR) is 130 cm³/mol. The first-order valence-electron chi connectivity index (χ1n) is 12.6. The highest BCUT2D eigenvalue weighted by molar-refractivity contribution is 5.87. The Bertz CT molecular complexity index is 964. The molecule has 0 bridgehead atoms. The molecule has 1 aromatic carbocycles. The molecule has 0 radical (unpaired) electrons. The molecule has 11 nitrogen and oxygen atoms in total. The van der Waals surface area contributed by atoms with Crippen molar-refractivity contribution in [3.63, 3.8) is 0 Å². The Morgan fingerprint density at radius 1 is 0.892 bits per heavy atom. The van der Waals surface area contributed by atoms with E-state index in [1.54, 1.807) is 0 Å². The van der Waals surface area contributed by atoms with E-state index >= 15 is 0 Å². The van der Waals surface area contributed by atoms with Crippen LogP contribution < -0.4 is 11.1 Å². The second-order valence-corrected chi connectivity index (χ2v) is 9.89. The Labute approximate surface area is 215 Å². The molecule has 204 valence electrons. The first kappa shape index (κ1) is 28.5. The van der Waals surface area contributed by atoms with Crippen LogP contribution in [0.4, 0.5) is 4.79 Å². The van der Waals surface area contributed by atoms with Gasteiger partial charge in [0, 0.05) is 25.7 Å². The number of nitrogens with two attached hydrogens (primary N) is 1. The number of amides is 1. The molecule has 4 rings (SSSR count). The fourth-order valence-corrected chi connectivity index (χ4v) is 4.87. The van der Waals surface area contributed by atoms with E-state index in [0.29, 0.717) is 45.3 Å². The molecule has 1 saturated heterocycles. The number of nitrogens with one attached hydrogen (secondary N) is 1. The smallest absolute Gasteiger partial charge is 0.408 e. The van der Waals surface area contributed by atoms with Gasteiger partial charge >= 0.3 is 18.0 Å². The molecule has 1 heterocycles. The Morgan fingerprint density at radius 3 is 2.24 bits per heavy atom. The van der Waals surface area contributed by atoms with Crippen molar-refractivity contribution >= 4 is 23.8 Å². The zero-order valence-electron chi connectivity index (χ0n) is 20.9. The summed E-state index contributed by atoms with van der Waals surface area (Å²) in [6.07, 6.45) is 3.50. The number of Topliss-reactive ketones (excluding diaryl/α,β-unsaturated/α-hetero) is 1. The van der Waals surface area contributed by atoms with E-state index in [-0.39, 0.29) is 31.7 Å². The molecule has 2 aliphatic carbocycles. The molecular weight excluding hydrogens is 484 g/mol. The third-order valence-electron chi connectivity index (χ3n) is 7.23. The van der Waals surface area contributed by atoms with Gasteiger partial charge in [0.25, 0.3) is 0 Å². The molecule has 2 unspecified atom stereocenters. The zero-order valence-corrected chi connectivity index (χ0v) is 20.9. The van der Waals surface area contributed by atoms with Gasteiger partial charge in [0.15, 0.2) is 5.79 Å². The quantitative estimate of drug-likeness (QED) is 0.423. The highest BCUT2D eigenvalue weighted by Crippen LogP contribution is 2.37. The van der Waals surface area contributed by atoms with Gasteiger partial charge in [-0.15, -0.1) is 0 Å². The van der Waals surface area contributed by atoms with E-state index < -0.39 is 34.9 Å².